The summed E-state index contributed by atoms with van der Waals surface area (Å²) in [6.07, 6.45) is 3.31. The van der Waals surface area contributed by atoms with Crippen molar-refractivity contribution in [1.29, 1.82) is 0 Å². The van der Waals surface area contributed by atoms with Crippen LogP contribution >= 0.6 is 0 Å². The lowest BCUT2D eigenvalue weighted by molar-refractivity contribution is -0.118. The van der Waals surface area contributed by atoms with Gasteiger partial charge in [0.05, 0.1) is 11.9 Å². The van der Waals surface area contributed by atoms with Crippen LogP contribution in [0.4, 0.5) is 4.79 Å². The van der Waals surface area contributed by atoms with Gasteiger partial charge in [0, 0.05) is 17.1 Å². The van der Waals surface area contributed by atoms with Crippen LogP contribution in [0, 0.1) is 0 Å². The maximum Gasteiger partial charge on any atom is 0.344 e. The summed E-state index contributed by atoms with van der Waals surface area (Å²) in [4.78, 5) is 23.1. The van der Waals surface area contributed by atoms with Crippen LogP contribution in [0.3, 0.4) is 0 Å². The van der Waals surface area contributed by atoms with Gasteiger partial charge in [0.1, 0.15) is 17.8 Å². The highest BCUT2D eigenvalue weighted by Gasteiger charge is 2.26. The number of nitrogens with zero attached hydrogens (tertiary/aromatic N) is 4. The van der Waals surface area contributed by atoms with Crippen molar-refractivity contribution in [3.63, 3.8) is 0 Å². The molecule has 1 N–H and O–H groups in total. The lowest BCUT2D eigenvalue weighted by atomic mass is 10.2. The summed E-state index contributed by atoms with van der Waals surface area (Å²) < 4.78 is 7.69. The fourth-order valence-electron chi connectivity index (χ4n) is 3.14. The zero-order chi connectivity index (χ0) is 19.8. The van der Waals surface area contributed by atoms with Crippen LogP contribution in [0.5, 0.6) is 0 Å². The van der Waals surface area contributed by atoms with E-state index in [1.54, 1.807) is 10.9 Å². The number of imide groups is 1. The fraction of sp³-hybridized carbons (Fsp3) is 0.0476. The third-order valence-electron chi connectivity index (χ3n) is 4.53. The van der Waals surface area contributed by atoms with Crippen LogP contribution in [-0.4, -0.2) is 39.5 Å². The number of carbonyl (C=O) groups is 2. The van der Waals surface area contributed by atoms with Gasteiger partial charge in [-0.25, -0.2) is 14.5 Å². The number of amides is 3. The Labute approximate surface area is 165 Å². The van der Waals surface area contributed by atoms with Gasteiger partial charge in [-0.3, -0.25) is 10.1 Å². The summed E-state index contributed by atoms with van der Waals surface area (Å²) in [6, 6.07) is 18.7. The molecule has 5 rings (SSSR count). The average Bonchev–Trinajstić information content (AvgIpc) is 3.43. The second kappa shape index (κ2) is 6.75. The van der Waals surface area contributed by atoms with Crippen molar-refractivity contribution in [2.24, 2.45) is 5.10 Å². The largest absolute Gasteiger partial charge is 0.454 e. The zero-order valence-corrected chi connectivity index (χ0v) is 15.1. The number of para-hydroxylation sites is 2. The van der Waals surface area contributed by atoms with Gasteiger partial charge >= 0.3 is 6.03 Å². The predicted octanol–water partition coefficient (Wildman–Crippen LogP) is 3.17. The van der Waals surface area contributed by atoms with E-state index >= 15 is 0 Å². The van der Waals surface area contributed by atoms with Gasteiger partial charge < -0.3 is 4.42 Å². The Morgan fingerprint density at radius 1 is 1.07 bits per heavy atom. The maximum atomic E-state index is 11.7. The Hall–Kier alpha value is -4.20. The highest BCUT2D eigenvalue weighted by atomic mass is 16.3. The standard InChI is InChI=1S/C21H15N5O3/c27-19-13-26(21(28)23-19)22-11-15-12-25(16-7-2-1-3-8-16)24-20(15)18-10-14-6-4-5-9-17(14)29-18/h1-12H,13H2,(H,23,27,28)/b22-11+. The molecule has 1 aliphatic rings. The molecule has 2 aromatic carbocycles. The molecule has 8 heteroatoms. The number of urea groups is 1. The van der Waals surface area contributed by atoms with Gasteiger partial charge in [0.25, 0.3) is 0 Å². The number of hydrogen-bond donors (Lipinski definition) is 1. The molecule has 0 saturated carbocycles. The molecule has 0 aliphatic carbocycles. The molecule has 4 aromatic rings. The zero-order valence-electron chi connectivity index (χ0n) is 15.1. The maximum absolute atomic E-state index is 11.7. The normalized spacial score (nSPS) is 14.3. The topological polar surface area (TPSA) is 92.7 Å². The molecule has 0 atom stereocenters. The Morgan fingerprint density at radius 2 is 1.86 bits per heavy atom. The van der Waals surface area contributed by atoms with Crippen LogP contribution in [0.15, 0.2) is 76.4 Å². The number of fused-ring (bicyclic) bond motifs is 1. The molecule has 1 aliphatic heterocycles. The van der Waals surface area contributed by atoms with Crippen molar-refractivity contribution in [3.8, 4) is 17.1 Å². The van der Waals surface area contributed by atoms with Gasteiger partial charge in [0.2, 0.25) is 5.91 Å². The first-order valence-corrected chi connectivity index (χ1v) is 8.97. The molecule has 1 fully saturated rings. The summed E-state index contributed by atoms with van der Waals surface area (Å²) in [5.41, 5.74) is 2.86. The van der Waals surface area contributed by atoms with E-state index in [9.17, 15) is 9.59 Å². The van der Waals surface area contributed by atoms with Crippen LogP contribution in [-0.2, 0) is 4.79 Å². The molecule has 3 heterocycles. The van der Waals surface area contributed by atoms with E-state index in [0.717, 1.165) is 21.7 Å². The quantitative estimate of drug-likeness (QED) is 0.431. The van der Waals surface area contributed by atoms with E-state index in [1.807, 2.05) is 60.7 Å². The van der Waals surface area contributed by atoms with Crippen molar-refractivity contribution < 1.29 is 14.0 Å². The molecule has 8 nitrogen and oxygen atoms in total. The second-order valence-electron chi connectivity index (χ2n) is 6.52. The number of rotatable bonds is 4. The third-order valence-corrected chi connectivity index (χ3v) is 4.53. The molecular weight excluding hydrogens is 370 g/mol. The van der Waals surface area contributed by atoms with E-state index in [0.29, 0.717) is 17.0 Å². The molecule has 142 valence electrons. The van der Waals surface area contributed by atoms with Crippen molar-refractivity contribution in [2.45, 2.75) is 0 Å². The minimum absolute atomic E-state index is 0.109. The Balaban J connectivity index is 1.59. The number of nitrogens with one attached hydrogen (secondary N) is 1. The minimum Gasteiger partial charge on any atom is -0.454 e. The Morgan fingerprint density at radius 3 is 2.62 bits per heavy atom. The smallest absolute Gasteiger partial charge is 0.344 e. The van der Waals surface area contributed by atoms with Gasteiger partial charge in [0.15, 0.2) is 5.76 Å². The summed E-state index contributed by atoms with van der Waals surface area (Å²) in [5, 5.41) is 13.1. The lowest BCUT2D eigenvalue weighted by Gasteiger charge is -2.03. The van der Waals surface area contributed by atoms with Crippen molar-refractivity contribution >= 4 is 29.1 Å². The molecule has 0 unspecified atom stereocenters. The minimum atomic E-state index is -0.549. The highest BCUT2D eigenvalue weighted by molar-refractivity contribution is 6.02. The Bertz CT molecular complexity index is 1220. The average molecular weight is 385 g/mol. The number of hydrogen-bond acceptors (Lipinski definition) is 5. The van der Waals surface area contributed by atoms with Crippen LogP contribution in [0.25, 0.3) is 28.1 Å². The predicted molar refractivity (Wildman–Crippen MR) is 107 cm³/mol. The Kier molecular flexibility index (Phi) is 3.94. The second-order valence-corrected chi connectivity index (χ2v) is 6.52. The summed E-state index contributed by atoms with van der Waals surface area (Å²) in [6.45, 7) is -0.109. The molecule has 2 aromatic heterocycles. The SMILES string of the molecule is O=C1CN(/N=C/c2cn(-c3ccccc3)nc2-c2cc3ccccc3o2)C(=O)N1. The van der Waals surface area contributed by atoms with E-state index in [4.69, 9.17) is 4.42 Å². The monoisotopic (exact) mass is 385 g/mol. The van der Waals surface area contributed by atoms with Crippen LogP contribution < -0.4 is 5.32 Å². The van der Waals surface area contributed by atoms with Gasteiger partial charge in [-0.1, -0.05) is 36.4 Å². The van der Waals surface area contributed by atoms with E-state index in [1.165, 1.54) is 6.21 Å². The number of aromatic nitrogens is 2. The van der Waals surface area contributed by atoms with Crippen molar-refractivity contribution in [2.75, 3.05) is 6.54 Å². The molecule has 3 amide bonds. The molecule has 29 heavy (non-hydrogen) atoms. The van der Waals surface area contributed by atoms with Gasteiger partial charge in [-0.05, 0) is 24.3 Å². The third kappa shape index (κ3) is 3.16. The van der Waals surface area contributed by atoms with Crippen molar-refractivity contribution in [1.82, 2.24) is 20.1 Å². The molecular formula is C21H15N5O3. The number of carbonyl (C=O) groups excluding carboxylic acids is 2. The van der Waals surface area contributed by atoms with Crippen molar-refractivity contribution in [3.05, 3.63) is 72.4 Å². The van der Waals surface area contributed by atoms with E-state index in [2.05, 4.69) is 15.5 Å². The van der Waals surface area contributed by atoms with Gasteiger partial charge in [-0.2, -0.15) is 10.2 Å². The molecule has 0 bridgehead atoms. The number of furan rings is 1. The fourth-order valence-corrected chi connectivity index (χ4v) is 3.14. The molecule has 0 spiro atoms. The van der Waals surface area contributed by atoms with Gasteiger partial charge in [-0.15, -0.1) is 0 Å². The van der Waals surface area contributed by atoms with Crippen LogP contribution in [0.1, 0.15) is 5.56 Å². The van der Waals surface area contributed by atoms with E-state index < -0.39 is 6.03 Å². The summed E-state index contributed by atoms with van der Waals surface area (Å²) in [5.74, 6) is 0.203. The molecule has 1 saturated heterocycles. The first-order chi connectivity index (χ1) is 14.2. The first-order valence-electron chi connectivity index (χ1n) is 8.97. The first kappa shape index (κ1) is 16.9. The van der Waals surface area contributed by atoms with E-state index in [-0.39, 0.29) is 12.5 Å². The number of benzene rings is 2. The van der Waals surface area contributed by atoms with Crippen LogP contribution in [0.2, 0.25) is 0 Å². The number of hydrazone groups is 1. The molecule has 0 radical (unpaired) electrons. The summed E-state index contributed by atoms with van der Waals surface area (Å²) in [7, 11) is 0. The lowest BCUT2D eigenvalue weighted by Crippen LogP contribution is -2.24. The highest BCUT2D eigenvalue weighted by Crippen LogP contribution is 2.29. The summed E-state index contributed by atoms with van der Waals surface area (Å²) >= 11 is 0.